The number of benzene rings is 2. The normalized spacial score (nSPS) is 12.7. The number of methoxy groups -OCH3 is 2. The van der Waals surface area contributed by atoms with Crippen molar-refractivity contribution >= 4 is 11.9 Å². The Hall–Kier alpha value is -3.13. The minimum Gasteiger partial charge on any atom is -0.497 e. The zero-order valence-corrected chi connectivity index (χ0v) is 15.5. The Balaban J connectivity index is 2.17. The Bertz CT molecular complexity index is 841. The molecular formula is C20H22FNO6. The molecule has 0 aliphatic rings. The fraction of sp³-hybridized carbons (Fsp3) is 0.300. The van der Waals surface area contributed by atoms with Gasteiger partial charge in [0.05, 0.1) is 39.2 Å². The largest absolute Gasteiger partial charge is 0.497 e. The quantitative estimate of drug-likeness (QED) is 0.607. The number of nitrogens with one attached hydrogen (secondary N) is 1. The minimum absolute atomic E-state index is 0.256. The highest BCUT2D eigenvalue weighted by atomic mass is 19.1. The molecule has 0 aliphatic heterocycles. The van der Waals surface area contributed by atoms with Crippen LogP contribution in [-0.2, 0) is 9.59 Å². The Kier molecular flexibility index (Phi) is 7.34. The van der Waals surface area contributed by atoms with Gasteiger partial charge < -0.3 is 25.0 Å². The summed E-state index contributed by atoms with van der Waals surface area (Å²) in [5.41, 5.74) is 0.714. The van der Waals surface area contributed by atoms with E-state index in [4.69, 9.17) is 9.47 Å². The van der Waals surface area contributed by atoms with Gasteiger partial charge in [-0.3, -0.25) is 9.59 Å². The molecule has 8 heteroatoms. The molecule has 3 N–H and O–H groups in total. The van der Waals surface area contributed by atoms with Gasteiger partial charge in [0.25, 0.3) is 0 Å². The van der Waals surface area contributed by atoms with Gasteiger partial charge in [0.2, 0.25) is 5.91 Å². The molecule has 2 rings (SSSR count). The summed E-state index contributed by atoms with van der Waals surface area (Å²) in [5.74, 6) is -1.35. The van der Waals surface area contributed by atoms with Gasteiger partial charge in [-0.05, 0) is 29.8 Å². The summed E-state index contributed by atoms with van der Waals surface area (Å²) in [4.78, 5) is 23.6. The van der Waals surface area contributed by atoms with Crippen LogP contribution < -0.4 is 14.8 Å². The SMILES string of the molecule is COc1ccc(C(CC(=O)O)NC(=O)CC(O)c2cccc(F)c2)c(OC)c1. The van der Waals surface area contributed by atoms with Gasteiger partial charge in [0, 0.05) is 11.6 Å². The van der Waals surface area contributed by atoms with Crippen LogP contribution in [0.3, 0.4) is 0 Å². The fourth-order valence-corrected chi connectivity index (χ4v) is 2.78. The number of carbonyl (C=O) groups excluding carboxylic acids is 1. The Morgan fingerprint density at radius 2 is 1.86 bits per heavy atom. The van der Waals surface area contributed by atoms with Crippen LogP contribution in [0.2, 0.25) is 0 Å². The molecule has 1 amide bonds. The molecule has 0 saturated carbocycles. The highest BCUT2D eigenvalue weighted by Gasteiger charge is 2.23. The number of aliphatic hydroxyl groups is 1. The standard InChI is InChI=1S/C20H22FNO6/c1-27-14-6-7-15(18(9-14)28-2)16(10-20(25)26)22-19(24)11-17(23)12-4-3-5-13(21)8-12/h3-9,16-17,23H,10-11H2,1-2H3,(H,22,24)(H,25,26). The molecule has 0 aromatic heterocycles. The molecule has 2 aromatic carbocycles. The lowest BCUT2D eigenvalue weighted by atomic mass is 10.0. The number of carboxylic acid groups (broad SMARTS) is 1. The molecule has 2 unspecified atom stereocenters. The van der Waals surface area contributed by atoms with Crippen molar-refractivity contribution < 1.29 is 33.7 Å². The van der Waals surface area contributed by atoms with Crippen LogP contribution in [0.4, 0.5) is 4.39 Å². The van der Waals surface area contributed by atoms with Crippen LogP contribution in [0.5, 0.6) is 11.5 Å². The van der Waals surface area contributed by atoms with E-state index in [0.29, 0.717) is 17.1 Å². The molecule has 0 radical (unpaired) electrons. The molecule has 28 heavy (non-hydrogen) atoms. The van der Waals surface area contributed by atoms with Gasteiger partial charge in [-0.15, -0.1) is 0 Å². The van der Waals surface area contributed by atoms with Crippen LogP contribution >= 0.6 is 0 Å². The summed E-state index contributed by atoms with van der Waals surface area (Å²) in [6.07, 6.45) is -1.96. The van der Waals surface area contributed by atoms with E-state index >= 15 is 0 Å². The van der Waals surface area contributed by atoms with E-state index in [-0.39, 0.29) is 18.4 Å². The second-order valence-electron chi connectivity index (χ2n) is 6.10. The summed E-state index contributed by atoms with van der Waals surface area (Å²) >= 11 is 0. The van der Waals surface area contributed by atoms with Gasteiger partial charge in [-0.2, -0.15) is 0 Å². The number of rotatable bonds is 9. The van der Waals surface area contributed by atoms with Gasteiger partial charge in [0.15, 0.2) is 0 Å². The van der Waals surface area contributed by atoms with Crippen molar-refractivity contribution in [1.82, 2.24) is 5.32 Å². The number of ether oxygens (including phenoxy) is 2. The van der Waals surface area contributed by atoms with E-state index in [2.05, 4.69) is 5.32 Å². The summed E-state index contributed by atoms with van der Waals surface area (Å²) in [5, 5.41) is 22.0. The fourth-order valence-electron chi connectivity index (χ4n) is 2.78. The van der Waals surface area contributed by atoms with Gasteiger partial charge in [-0.1, -0.05) is 12.1 Å². The molecule has 0 spiro atoms. The molecule has 0 aliphatic carbocycles. The Labute approximate surface area is 161 Å². The van der Waals surface area contributed by atoms with Crippen LogP contribution in [0, 0.1) is 5.82 Å². The third-order valence-electron chi connectivity index (χ3n) is 4.14. The van der Waals surface area contributed by atoms with Crippen molar-refractivity contribution in [1.29, 1.82) is 0 Å². The van der Waals surface area contributed by atoms with E-state index < -0.39 is 29.8 Å². The predicted molar refractivity (Wildman–Crippen MR) is 98.7 cm³/mol. The molecule has 150 valence electrons. The number of hydrogen-bond donors (Lipinski definition) is 3. The van der Waals surface area contributed by atoms with Crippen molar-refractivity contribution in [2.24, 2.45) is 0 Å². The zero-order valence-electron chi connectivity index (χ0n) is 15.5. The lowest BCUT2D eigenvalue weighted by molar-refractivity contribution is -0.137. The van der Waals surface area contributed by atoms with Crippen molar-refractivity contribution in [3.8, 4) is 11.5 Å². The van der Waals surface area contributed by atoms with Crippen LogP contribution in [0.15, 0.2) is 42.5 Å². The van der Waals surface area contributed by atoms with E-state index in [1.165, 1.54) is 32.4 Å². The smallest absolute Gasteiger partial charge is 0.305 e. The highest BCUT2D eigenvalue weighted by molar-refractivity contribution is 5.78. The van der Waals surface area contributed by atoms with Crippen LogP contribution in [0.25, 0.3) is 0 Å². The third kappa shape index (κ3) is 5.68. The summed E-state index contributed by atoms with van der Waals surface area (Å²) in [6.45, 7) is 0. The van der Waals surface area contributed by atoms with Gasteiger partial charge in [-0.25, -0.2) is 4.39 Å². The third-order valence-corrected chi connectivity index (χ3v) is 4.14. The molecule has 0 fully saturated rings. The first-order valence-electron chi connectivity index (χ1n) is 8.50. The molecule has 7 nitrogen and oxygen atoms in total. The summed E-state index contributed by atoms with van der Waals surface area (Å²) in [7, 11) is 2.91. The highest BCUT2D eigenvalue weighted by Crippen LogP contribution is 2.31. The molecule has 2 aromatic rings. The first-order valence-corrected chi connectivity index (χ1v) is 8.50. The van der Waals surface area contributed by atoms with Crippen LogP contribution in [-0.4, -0.2) is 36.3 Å². The maximum Gasteiger partial charge on any atom is 0.305 e. The van der Waals surface area contributed by atoms with Gasteiger partial charge >= 0.3 is 5.97 Å². The summed E-state index contributed by atoms with van der Waals surface area (Å²) in [6, 6.07) is 9.23. The lowest BCUT2D eigenvalue weighted by Gasteiger charge is -2.21. The van der Waals surface area contributed by atoms with Gasteiger partial charge in [0.1, 0.15) is 17.3 Å². The first-order chi connectivity index (χ1) is 13.3. The number of aliphatic hydroxyl groups excluding tert-OH is 1. The van der Waals surface area contributed by atoms with Crippen molar-refractivity contribution in [3.05, 3.63) is 59.4 Å². The number of carbonyl (C=O) groups is 2. The second-order valence-corrected chi connectivity index (χ2v) is 6.10. The molecular weight excluding hydrogens is 369 g/mol. The van der Waals surface area contributed by atoms with E-state index in [9.17, 15) is 24.2 Å². The number of aliphatic carboxylic acids is 1. The summed E-state index contributed by atoms with van der Waals surface area (Å²) < 4.78 is 23.7. The van der Waals surface area contributed by atoms with E-state index in [1.54, 1.807) is 18.2 Å². The maximum absolute atomic E-state index is 13.3. The van der Waals surface area contributed by atoms with E-state index in [1.807, 2.05) is 0 Å². The second kappa shape index (κ2) is 9.70. The Morgan fingerprint density at radius 1 is 1.11 bits per heavy atom. The van der Waals surface area contributed by atoms with Crippen molar-refractivity contribution in [3.63, 3.8) is 0 Å². The van der Waals surface area contributed by atoms with E-state index in [0.717, 1.165) is 6.07 Å². The minimum atomic E-state index is -1.22. The number of carboxylic acids is 1. The maximum atomic E-state index is 13.3. The average Bonchev–Trinajstić information content (AvgIpc) is 2.66. The number of amides is 1. The number of hydrogen-bond acceptors (Lipinski definition) is 5. The van der Waals surface area contributed by atoms with Crippen molar-refractivity contribution in [2.45, 2.75) is 25.0 Å². The average molecular weight is 391 g/mol. The molecule has 0 bridgehead atoms. The lowest BCUT2D eigenvalue weighted by Crippen LogP contribution is -2.31. The number of halogens is 1. The predicted octanol–water partition coefficient (Wildman–Crippen LogP) is 2.60. The first kappa shape index (κ1) is 21.2. The molecule has 2 atom stereocenters. The monoisotopic (exact) mass is 391 g/mol. The molecule has 0 heterocycles. The van der Waals surface area contributed by atoms with Crippen molar-refractivity contribution in [2.75, 3.05) is 14.2 Å². The Morgan fingerprint density at radius 3 is 2.46 bits per heavy atom. The zero-order chi connectivity index (χ0) is 20.7. The topological polar surface area (TPSA) is 105 Å². The van der Waals surface area contributed by atoms with Crippen LogP contribution in [0.1, 0.15) is 36.1 Å². The molecule has 0 saturated heterocycles.